The predicted octanol–water partition coefficient (Wildman–Crippen LogP) is 2.96. The smallest absolute Gasteiger partial charge is 0.234 e. The molecule has 0 saturated carbocycles. The van der Waals surface area contributed by atoms with Gasteiger partial charge < -0.3 is 9.73 Å². The summed E-state index contributed by atoms with van der Waals surface area (Å²) in [7, 11) is 0. The van der Waals surface area contributed by atoms with E-state index < -0.39 is 0 Å². The van der Waals surface area contributed by atoms with Gasteiger partial charge in [-0.1, -0.05) is 12.1 Å². The van der Waals surface area contributed by atoms with Crippen LogP contribution < -0.4 is 5.32 Å². The van der Waals surface area contributed by atoms with E-state index in [1.54, 1.807) is 17.6 Å². The standard InChI is InChI=1S/C19H20N4O2S/c20-9-4-11-23(13-15-5-3-12-25-15)14-18(24)21-10-8-19-22-16-6-1-2-7-17(16)26-19/h1-3,5-7,12H,4,8,10-11,13-14H2,(H,21,24). The first-order chi connectivity index (χ1) is 12.7. The summed E-state index contributed by atoms with van der Waals surface area (Å²) in [6.45, 7) is 1.83. The minimum absolute atomic E-state index is 0.0596. The SMILES string of the molecule is N#CCCN(CC(=O)NCCc1nc2ccccc2s1)Cc1ccco1. The van der Waals surface area contributed by atoms with Gasteiger partial charge >= 0.3 is 0 Å². The zero-order valence-electron chi connectivity index (χ0n) is 14.4. The lowest BCUT2D eigenvalue weighted by Gasteiger charge is -2.19. The van der Waals surface area contributed by atoms with E-state index in [9.17, 15) is 4.79 Å². The van der Waals surface area contributed by atoms with Crippen LogP contribution in [0, 0.1) is 11.3 Å². The molecule has 6 nitrogen and oxygen atoms in total. The highest BCUT2D eigenvalue weighted by Crippen LogP contribution is 2.21. The van der Waals surface area contributed by atoms with E-state index in [-0.39, 0.29) is 12.5 Å². The van der Waals surface area contributed by atoms with Crippen molar-refractivity contribution in [2.24, 2.45) is 0 Å². The lowest BCUT2D eigenvalue weighted by Crippen LogP contribution is -2.38. The number of para-hydroxylation sites is 1. The molecule has 0 aliphatic heterocycles. The molecule has 134 valence electrons. The topological polar surface area (TPSA) is 82.2 Å². The summed E-state index contributed by atoms with van der Waals surface area (Å²) < 4.78 is 6.49. The maximum absolute atomic E-state index is 12.2. The molecule has 0 aliphatic carbocycles. The highest BCUT2D eigenvalue weighted by molar-refractivity contribution is 7.18. The Morgan fingerprint density at radius 2 is 2.19 bits per heavy atom. The third-order valence-corrected chi connectivity index (χ3v) is 4.96. The molecule has 3 aromatic rings. The summed E-state index contributed by atoms with van der Waals surface area (Å²) in [6, 6.07) is 13.8. The second-order valence-corrected chi connectivity index (χ2v) is 6.99. The average molecular weight is 368 g/mol. The second kappa shape index (κ2) is 9.13. The summed E-state index contributed by atoms with van der Waals surface area (Å²) in [4.78, 5) is 18.7. The molecule has 0 radical (unpaired) electrons. The van der Waals surface area contributed by atoms with E-state index in [1.807, 2.05) is 35.2 Å². The minimum atomic E-state index is -0.0596. The maximum atomic E-state index is 12.2. The van der Waals surface area contributed by atoms with Crippen LogP contribution in [0.4, 0.5) is 0 Å². The number of benzene rings is 1. The van der Waals surface area contributed by atoms with Crippen molar-refractivity contribution in [1.29, 1.82) is 5.26 Å². The summed E-state index contributed by atoms with van der Waals surface area (Å²) in [5.74, 6) is 0.723. The van der Waals surface area contributed by atoms with Crippen molar-refractivity contribution in [1.82, 2.24) is 15.2 Å². The monoisotopic (exact) mass is 368 g/mol. The molecule has 1 aromatic carbocycles. The molecular weight excluding hydrogens is 348 g/mol. The Morgan fingerprint density at radius 1 is 1.31 bits per heavy atom. The predicted molar refractivity (Wildman–Crippen MR) is 101 cm³/mol. The number of nitriles is 1. The molecule has 1 amide bonds. The van der Waals surface area contributed by atoms with Gasteiger partial charge in [-0.25, -0.2) is 4.98 Å². The summed E-state index contributed by atoms with van der Waals surface area (Å²) in [5, 5.41) is 12.7. The van der Waals surface area contributed by atoms with E-state index in [1.165, 1.54) is 0 Å². The van der Waals surface area contributed by atoms with Gasteiger partial charge in [-0.2, -0.15) is 5.26 Å². The van der Waals surface area contributed by atoms with Gasteiger partial charge in [-0.15, -0.1) is 11.3 Å². The molecule has 0 atom stereocenters. The number of carbonyl (C=O) groups excluding carboxylic acids is 1. The minimum Gasteiger partial charge on any atom is -0.468 e. The number of aromatic nitrogens is 1. The first-order valence-corrected chi connectivity index (χ1v) is 9.29. The Labute approximate surface area is 156 Å². The van der Waals surface area contributed by atoms with Crippen LogP contribution in [-0.4, -0.2) is 35.4 Å². The van der Waals surface area contributed by atoms with Crippen LogP contribution in [0.5, 0.6) is 0 Å². The largest absolute Gasteiger partial charge is 0.468 e. The van der Waals surface area contributed by atoms with Crippen LogP contribution in [0.1, 0.15) is 17.2 Å². The number of thiazole rings is 1. The number of nitrogens with zero attached hydrogens (tertiary/aromatic N) is 3. The van der Waals surface area contributed by atoms with Crippen molar-refractivity contribution >= 4 is 27.5 Å². The highest BCUT2D eigenvalue weighted by atomic mass is 32.1. The van der Waals surface area contributed by atoms with Gasteiger partial charge in [0.1, 0.15) is 5.76 Å². The fraction of sp³-hybridized carbons (Fsp3) is 0.316. The number of hydrogen-bond acceptors (Lipinski definition) is 6. The number of fused-ring (bicyclic) bond motifs is 1. The molecule has 0 aliphatic rings. The van der Waals surface area contributed by atoms with Crippen molar-refractivity contribution < 1.29 is 9.21 Å². The Hall–Kier alpha value is -2.69. The van der Waals surface area contributed by atoms with Crippen molar-refractivity contribution in [3.8, 4) is 6.07 Å². The summed E-state index contributed by atoms with van der Waals surface area (Å²) in [6.07, 6.45) is 2.69. The number of hydrogen-bond donors (Lipinski definition) is 1. The van der Waals surface area contributed by atoms with Gasteiger partial charge in [0.15, 0.2) is 0 Å². The first-order valence-electron chi connectivity index (χ1n) is 8.47. The van der Waals surface area contributed by atoms with E-state index in [2.05, 4.69) is 22.4 Å². The molecule has 2 heterocycles. The van der Waals surface area contributed by atoms with Crippen LogP contribution >= 0.6 is 11.3 Å². The Kier molecular flexibility index (Phi) is 6.36. The molecule has 0 bridgehead atoms. The quantitative estimate of drug-likeness (QED) is 0.628. The van der Waals surface area contributed by atoms with Crippen molar-refractivity contribution in [2.75, 3.05) is 19.6 Å². The van der Waals surface area contributed by atoms with Gasteiger partial charge in [-0.3, -0.25) is 9.69 Å². The number of furan rings is 1. The number of amides is 1. The second-order valence-electron chi connectivity index (χ2n) is 5.87. The number of nitrogens with one attached hydrogen (secondary N) is 1. The van der Waals surface area contributed by atoms with E-state index in [4.69, 9.17) is 9.68 Å². The van der Waals surface area contributed by atoms with E-state index in [0.29, 0.717) is 32.5 Å². The zero-order valence-corrected chi connectivity index (χ0v) is 15.2. The summed E-state index contributed by atoms with van der Waals surface area (Å²) in [5.41, 5.74) is 1.000. The molecule has 2 aromatic heterocycles. The number of carbonyl (C=O) groups is 1. The molecular formula is C19H20N4O2S. The molecule has 0 spiro atoms. The number of rotatable bonds is 9. The zero-order chi connectivity index (χ0) is 18.2. The Balaban J connectivity index is 1.47. The molecule has 26 heavy (non-hydrogen) atoms. The van der Waals surface area contributed by atoms with Crippen LogP contribution in [-0.2, 0) is 17.8 Å². The summed E-state index contributed by atoms with van der Waals surface area (Å²) >= 11 is 1.66. The normalized spacial score (nSPS) is 10.9. The average Bonchev–Trinajstić information content (AvgIpc) is 3.28. The molecule has 0 saturated heterocycles. The molecule has 1 N–H and O–H groups in total. The third-order valence-electron chi connectivity index (χ3n) is 3.87. The molecule has 3 rings (SSSR count). The molecule has 0 unspecified atom stereocenters. The molecule has 0 fully saturated rings. The van der Waals surface area contributed by atoms with Gasteiger partial charge in [0.2, 0.25) is 5.91 Å². The van der Waals surface area contributed by atoms with Crippen LogP contribution in [0.25, 0.3) is 10.2 Å². The van der Waals surface area contributed by atoms with Gasteiger partial charge in [0.05, 0.1) is 40.6 Å². The lowest BCUT2D eigenvalue weighted by atomic mass is 10.3. The first kappa shape index (κ1) is 18.1. The van der Waals surface area contributed by atoms with Crippen molar-refractivity contribution in [2.45, 2.75) is 19.4 Å². The van der Waals surface area contributed by atoms with Crippen LogP contribution in [0.3, 0.4) is 0 Å². The lowest BCUT2D eigenvalue weighted by molar-refractivity contribution is -0.122. The van der Waals surface area contributed by atoms with Crippen molar-refractivity contribution in [3.05, 3.63) is 53.4 Å². The van der Waals surface area contributed by atoms with E-state index in [0.717, 1.165) is 21.0 Å². The fourth-order valence-electron chi connectivity index (χ4n) is 2.64. The van der Waals surface area contributed by atoms with Crippen LogP contribution in [0.15, 0.2) is 47.1 Å². The Morgan fingerprint density at radius 3 is 2.96 bits per heavy atom. The van der Waals surface area contributed by atoms with Crippen molar-refractivity contribution in [3.63, 3.8) is 0 Å². The fourth-order valence-corrected chi connectivity index (χ4v) is 3.61. The van der Waals surface area contributed by atoms with Crippen LogP contribution in [0.2, 0.25) is 0 Å². The van der Waals surface area contributed by atoms with Gasteiger partial charge in [0.25, 0.3) is 0 Å². The Bertz CT molecular complexity index is 849. The van der Waals surface area contributed by atoms with E-state index >= 15 is 0 Å². The van der Waals surface area contributed by atoms with Gasteiger partial charge in [-0.05, 0) is 24.3 Å². The third kappa shape index (κ3) is 5.15. The highest BCUT2D eigenvalue weighted by Gasteiger charge is 2.12. The maximum Gasteiger partial charge on any atom is 0.234 e. The van der Waals surface area contributed by atoms with Gasteiger partial charge in [0, 0.05) is 25.9 Å². The molecule has 7 heteroatoms.